The molecular formula is C29H28BrN5OS. The molecule has 0 aliphatic carbocycles. The summed E-state index contributed by atoms with van der Waals surface area (Å²) in [5, 5.41) is 13.6. The zero-order valence-corrected chi connectivity index (χ0v) is 23.3. The molecule has 3 aromatic carbocycles. The summed E-state index contributed by atoms with van der Waals surface area (Å²) in [6.45, 7) is 6.57. The number of carbonyl (C=O) groups excluding carboxylic acids is 1. The topological polar surface area (TPSA) is 72.2 Å². The largest absolute Gasteiger partial charge is 0.272 e. The maximum absolute atomic E-state index is 12.5. The number of para-hydroxylation sites is 1. The van der Waals surface area contributed by atoms with Crippen LogP contribution in [0.1, 0.15) is 31.9 Å². The monoisotopic (exact) mass is 573 g/mol. The SMILES string of the molecule is CC(C)(C)c1ccc(-c2nnc(SCC(=O)NN=CC(Br)=Cc3ccccc3)n2-c2ccccc2)cc1. The molecule has 0 atom stereocenters. The number of amides is 1. The molecule has 0 saturated carbocycles. The minimum atomic E-state index is -0.236. The normalized spacial score (nSPS) is 12.2. The molecule has 0 spiro atoms. The van der Waals surface area contributed by atoms with E-state index in [1.807, 2.05) is 71.3 Å². The van der Waals surface area contributed by atoms with Gasteiger partial charge in [-0.2, -0.15) is 5.10 Å². The third-order valence-electron chi connectivity index (χ3n) is 5.47. The number of hydrogen-bond acceptors (Lipinski definition) is 5. The Morgan fingerprint density at radius 3 is 2.27 bits per heavy atom. The summed E-state index contributed by atoms with van der Waals surface area (Å²) in [7, 11) is 0. The zero-order chi connectivity index (χ0) is 26.3. The van der Waals surface area contributed by atoms with Crippen LogP contribution in [0.4, 0.5) is 0 Å². The number of carbonyl (C=O) groups is 1. The van der Waals surface area contributed by atoms with E-state index >= 15 is 0 Å². The van der Waals surface area contributed by atoms with Gasteiger partial charge in [-0.05, 0) is 50.7 Å². The van der Waals surface area contributed by atoms with E-state index in [0.717, 1.165) is 27.1 Å². The fourth-order valence-electron chi connectivity index (χ4n) is 3.55. The van der Waals surface area contributed by atoms with Crippen molar-refractivity contribution in [1.82, 2.24) is 20.2 Å². The maximum Gasteiger partial charge on any atom is 0.250 e. The lowest BCUT2D eigenvalue weighted by atomic mass is 9.87. The Bertz CT molecular complexity index is 1390. The number of benzene rings is 3. The van der Waals surface area contributed by atoms with Gasteiger partial charge in [0.2, 0.25) is 0 Å². The first-order valence-electron chi connectivity index (χ1n) is 11.8. The molecule has 1 heterocycles. The van der Waals surface area contributed by atoms with E-state index in [0.29, 0.717) is 5.16 Å². The van der Waals surface area contributed by atoms with Crippen LogP contribution in [0.3, 0.4) is 0 Å². The van der Waals surface area contributed by atoms with Crippen LogP contribution >= 0.6 is 27.7 Å². The molecule has 0 radical (unpaired) electrons. The molecule has 37 heavy (non-hydrogen) atoms. The van der Waals surface area contributed by atoms with E-state index in [1.54, 1.807) is 6.21 Å². The van der Waals surface area contributed by atoms with Crippen molar-refractivity contribution in [3.8, 4) is 17.1 Å². The summed E-state index contributed by atoms with van der Waals surface area (Å²) in [5.41, 5.74) is 6.80. The van der Waals surface area contributed by atoms with Crippen LogP contribution in [0.2, 0.25) is 0 Å². The van der Waals surface area contributed by atoms with Crippen molar-refractivity contribution in [3.63, 3.8) is 0 Å². The molecule has 4 rings (SSSR count). The predicted molar refractivity (Wildman–Crippen MR) is 156 cm³/mol. The van der Waals surface area contributed by atoms with Crippen LogP contribution in [0.25, 0.3) is 23.2 Å². The van der Waals surface area contributed by atoms with E-state index in [4.69, 9.17) is 0 Å². The molecule has 188 valence electrons. The maximum atomic E-state index is 12.5. The number of thioether (sulfide) groups is 1. The highest BCUT2D eigenvalue weighted by molar-refractivity contribution is 9.12. The Balaban J connectivity index is 1.47. The Hall–Kier alpha value is -3.49. The number of hydrazone groups is 1. The first-order valence-corrected chi connectivity index (χ1v) is 13.6. The molecule has 8 heteroatoms. The van der Waals surface area contributed by atoms with Gasteiger partial charge in [-0.25, -0.2) is 5.43 Å². The molecule has 1 aromatic heterocycles. The van der Waals surface area contributed by atoms with Gasteiger partial charge in [0.25, 0.3) is 5.91 Å². The summed E-state index contributed by atoms with van der Waals surface area (Å²) in [4.78, 5) is 12.5. The smallest absolute Gasteiger partial charge is 0.250 e. The van der Waals surface area contributed by atoms with E-state index < -0.39 is 0 Å². The van der Waals surface area contributed by atoms with E-state index in [1.165, 1.54) is 17.3 Å². The van der Waals surface area contributed by atoms with Crippen molar-refractivity contribution in [2.75, 3.05) is 5.75 Å². The minimum absolute atomic E-state index is 0.0649. The quantitative estimate of drug-likeness (QED) is 0.142. The first kappa shape index (κ1) is 26.6. The first-order chi connectivity index (χ1) is 17.8. The summed E-state index contributed by atoms with van der Waals surface area (Å²) >= 11 is 4.76. The third-order valence-corrected chi connectivity index (χ3v) is 6.83. The highest BCUT2D eigenvalue weighted by Crippen LogP contribution is 2.30. The second-order valence-corrected chi connectivity index (χ2v) is 11.2. The van der Waals surface area contributed by atoms with E-state index in [2.05, 4.69) is 81.7 Å². The van der Waals surface area contributed by atoms with E-state index in [9.17, 15) is 4.79 Å². The third kappa shape index (κ3) is 7.27. The van der Waals surface area contributed by atoms with Crippen molar-refractivity contribution >= 4 is 45.9 Å². The van der Waals surface area contributed by atoms with Gasteiger partial charge in [0.1, 0.15) is 0 Å². The van der Waals surface area contributed by atoms with Crippen molar-refractivity contribution in [2.45, 2.75) is 31.3 Å². The van der Waals surface area contributed by atoms with Gasteiger partial charge in [0, 0.05) is 15.7 Å². The number of allylic oxidation sites excluding steroid dienone is 1. The Morgan fingerprint density at radius 1 is 0.973 bits per heavy atom. The van der Waals surface area contributed by atoms with Crippen molar-refractivity contribution in [3.05, 3.63) is 101 Å². The lowest BCUT2D eigenvalue weighted by molar-refractivity contribution is -0.118. The number of nitrogens with one attached hydrogen (secondary N) is 1. The van der Waals surface area contributed by atoms with Gasteiger partial charge in [0.05, 0.1) is 12.0 Å². The molecule has 0 fully saturated rings. The summed E-state index contributed by atoms with van der Waals surface area (Å²) in [5.74, 6) is 0.633. The van der Waals surface area contributed by atoms with Crippen LogP contribution in [0.15, 0.2) is 99.7 Å². The number of hydrogen-bond donors (Lipinski definition) is 1. The number of nitrogens with zero attached hydrogens (tertiary/aromatic N) is 4. The Morgan fingerprint density at radius 2 is 1.62 bits per heavy atom. The second-order valence-electron chi connectivity index (χ2n) is 9.33. The second kappa shape index (κ2) is 12.2. The van der Waals surface area contributed by atoms with Crippen molar-refractivity contribution < 1.29 is 4.79 Å². The predicted octanol–water partition coefficient (Wildman–Crippen LogP) is 6.86. The molecule has 0 saturated heterocycles. The van der Waals surface area contributed by atoms with Gasteiger partial charge in [0.15, 0.2) is 11.0 Å². The average molecular weight is 575 g/mol. The summed E-state index contributed by atoms with van der Waals surface area (Å²) in [6, 6.07) is 28.2. The molecule has 6 nitrogen and oxygen atoms in total. The summed E-state index contributed by atoms with van der Waals surface area (Å²) < 4.78 is 2.73. The highest BCUT2D eigenvalue weighted by atomic mass is 79.9. The number of rotatable bonds is 8. The van der Waals surface area contributed by atoms with E-state index in [-0.39, 0.29) is 17.1 Å². The van der Waals surface area contributed by atoms with Gasteiger partial charge in [-0.3, -0.25) is 9.36 Å². The van der Waals surface area contributed by atoms with Crippen LogP contribution in [-0.2, 0) is 10.2 Å². The molecule has 4 aromatic rings. The number of aromatic nitrogens is 3. The number of halogens is 1. The van der Waals surface area contributed by atoms with Crippen LogP contribution < -0.4 is 5.43 Å². The molecule has 1 amide bonds. The van der Waals surface area contributed by atoms with Crippen LogP contribution in [-0.4, -0.2) is 32.6 Å². The van der Waals surface area contributed by atoms with Crippen LogP contribution in [0.5, 0.6) is 0 Å². The Kier molecular flexibility index (Phi) is 8.74. The average Bonchev–Trinajstić information content (AvgIpc) is 3.32. The molecule has 1 N–H and O–H groups in total. The van der Waals surface area contributed by atoms with Crippen LogP contribution in [0, 0.1) is 0 Å². The highest BCUT2D eigenvalue weighted by Gasteiger charge is 2.19. The van der Waals surface area contributed by atoms with Gasteiger partial charge < -0.3 is 0 Å². The lowest BCUT2D eigenvalue weighted by Crippen LogP contribution is -2.19. The molecule has 0 aliphatic rings. The van der Waals surface area contributed by atoms with Gasteiger partial charge in [-0.15, -0.1) is 10.2 Å². The zero-order valence-electron chi connectivity index (χ0n) is 20.9. The van der Waals surface area contributed by atoms with Gasteiger partial charge >= 0.3 is 0 Å². The van der Waals surface area contributed by atoms with Crippen molar-refractivity contribution in [2.24, 2.45) is 5.10 Å². The lowest BCUT2D eigenvalue weighted by Gasteiger charge is -2.19. The molecule has 0 aliphatic heterocycles. The summed E-state index contributed by atoms with van der Waals surface area (Å²) in [6.07, 6.45) is 3.48. The van der Waals surface area contributed by atoms with Gasteiger partial charge in [-0.1, -0.05) is 105 Å². The van der Waals surface area contributed by atoms with Crippen molar-refractivity contribution in [1.29, 1.82) is 0 Å². The fraction of sp³-hybridized carbons (Fsp3) is 0.172. The Labute approximate surface area is 230 Å². The molecular weight excluding hydrogens is 546 g/mol. The minimum Gasteiger partial charge on any atom is -0.272 e. The fourth-order valence-corrected chi connectivity index (χ4v) is 4.66. The standard InChI is InChI=1S/C29H28BrN5OS/c1-29(2,3)23-16-14-22(15-17-23)27-33-34-28(35(27)25-12-8-5-9-13-25)37-20-26(36)32-31-19-24(30)18-21-10-6-4-7-11-21/h4-19H,20H2,1-3H3,(H,32,36). The molecule has 0 bridgehead atoms. The molecule has 0 unspecified atom stereocenters.